The van der Waals surface area contributed by atoms with Gasteiger partial charge in [-0.1, -0.05) is 30.7 Å². The number of aryl methyl sites for hydroxylation is 1. The highest BCUT2D eigenvalue weighted by atomic mass is 35.5. The number of benzene rings is 1. The van der Waals surface area contributed by atoms with Gasteiger partial charge < -0.3 is 10.8 Å². The summed E-state index contributed by atoms with van der Waals surface area (Å²) in [6, 6.07) is 5.80. The van der Waals surface area contributed by atoms with E-state index in [1.165, 1.54) is 5.56 Å². The molecule has 1 rings (SSSR count). The fraction of sp³-hybridized carbons (Fsp3) is 0.538. The number of hydrogen-bond acceptors (Lipinski definition) is 2. The average molecular weight is 242 g/mol. The number of nitrogens with two attached hydrogens (primary N) is 1. The highest BCUT2D eigenvalue weighted by Crippen LogP contribution is 2.25. The number of aliphatic hydroxyl groups excluding tert-OH is 1. The number of aliphatic hydroxyl groups is 1. The molecule has 16 heavy (non-hydrogen) atoms. The zero-order valence-electron chi connectivity index (χ0n) is 10.1. The van der Waals surface area contributed by atoms with Crippen LogP contribution in [0.4, 0.5) is 0 Å². The van der Waals surface area contributed by atoms with Crippen LogP contribution in [-0.2, 0) is 0 Å². The van der Waals surface area contributed by atoms with E-state index in [0.717, 1.165) is 10.6 Å². The van der Waals surface area contributed by atoms with E-state index in [9.17, 15) is 5.11 Å². The summed E-state index contributed by atoms with van der Waals surface area (Å²) in [5.41, 5.74) is 7.91. The Morgan fingerprint density at radius 3 is 2.50 bits per heavy atom. The molecule has 3 N–H and O–H groups in total. The largest absolute Gasteiger partial charge is 0.392 e. The third-order valence-electron chi connectivity index (χ3n) is 2.95. The van der Waals surface area contributed by atoms with Crippen molar-refractivity contribution in [1.29, 1.82) is 0 Å². The molecule has 0 aliphatic carbocycles. The summed E-state index contributed by atoms with van der Waals surface area (Å²) in [7, 11) is 0. The van der Waals surface area contributed by atoms with Gasteiger partial charge in [0.05, 0.1) is 6.10 Å². The van der Waals surface area contributed by atoms with Gasteiger partial charge in [0.1, 0.15) is 0 Å². The van der Waals surface area contributed by atoms with Gasteiger partial charge in [-0.25, -0.2) is 0 Å². The molecule has 0 bridgehead atoms. The highest BCUT2D eigenvalue weighted by molar-refractivity contribution is 6.31. The molecular formula is C13H20ClNO. The van der Waals surface area contributed by atoms with Crippen LogP contribution in [-0.4, -0.2) is 17.3 Å². The minimum atomic E-state index is -0.453. The monoisotopic (exact) mass is 241 g/mol. The van der Waals surface area contributed by atoms with Crippen LogP contribution in [0.1, 0.15) is 37.3 Å². The van der Waals surface area contributed by atoms with E-state index < -0.39 is 6.10 Å². The van der Waals surface area contributed by atoms with Crippen LogP contribution >= 0.6 is 11.6 Å². The summed E-state index contributed by atoms with van der Waals surface area (Å²) in [6.45, 7) is 5.90. The molecule has 3 heteroatoms. The van der Waals surface area contributed by atoms with Gasteiger partial charge in [-0.05, 0) is 43.4 Å². The first-order valence-electron chi connectivity index (χ1n) is 5.61. The number of rotatable bonds is 4. The van der Waals surface area contributed by atoms with Crippen LogP contribution in [0.3, 0.4) is 0 Å². The Bertz CT molecular complexity index is 352. The molecule has 0 spiro atoms. The molecule has 90 valence electrons. The van der Waals surface area contributed by atoms with Gasteiger partial charge in [0, 0.05) is 11.1 Å². The van der Waals surface area contributed by atoms with Gasteiger partial charge in [-0.2, -0.15) is 0 Å². The fourth-order valence-corrected chi connectivity index (χ4v) is 1.80. The lowest BCUT2D eigenvalue weighted by Crippen LogP contribution is -2.32. The van der Waals surface area contributed by atoms with Crippen molar-refractivity contribution in [3.8, 4) is 0 Å². The maximum atomic E-state index is 9.73. The van der Waals surface area contributed by atoms with Crippen LogP contribution in [0.2, 0.25) is 5.02 Å². The predicted octanol–water partition coefficient (Wildman–Crippen LogP) is 2.85. The SMILES string of the molecule is Cc1cc(C(C)CC(O)C(C)N)ccc1Cl. The maximum absolute atomic E-state index is 9.73. The molecule has 0 amide bonds. The normalized spacial score (nSPS) is 16.9. The third-order valence-corrected chi connectivity index (χ3v) is 3.38. The van der Waals surface area contributed by atoms with Gasteiger partial charge in [-0.3, -0.25) is 0 Å². The Morgan fingerprint density at radius 1 is 1.38 bits per heavy atom. The Hall–Kier alpha value is -0.570. The summed E-state index contributed by atoms with van der Waals surface area (Å²) in [5, 5.41) is 10.5. The molecule has 0 aliphatic rings. The van der Waals surface area contributed by atoms with Crippen LogP contribution in [0.15, 0.2) is 18.2 Å². The summed E-state index contributed by atoms with van der Waals surface area (Å²) < 4.78 is 0. The van der Waals surface area contributed by atoms with Crippen molar-refractivity contribution in [2.24, 2.45) is 5.73 Å². The Balaban J connectivity index is 2.73. The lowest BCUT2D eigenvalue weighted by Gasteiger charge is -2.20. The first kappa shape index (κ1) is 13.5. The van der Waals surface area contributed by atoms with Crippen molar-refractivity contribution >= 4 is 11.6 Å². The molecule has 0 saturated heterocycles. The lowest BCUT2D eigenvalue weighted by atomic mass is 9.92. The van der Waals surface area contributed by atoms with Gasteiger partial charge in [0.15, 0.2) is 0 Å². The van der Waals surface area contributed by atoms with E-state index in [0.29, 0.717) is 6.42 Å². The van der Waals surface area contributed by atoms with Crippen molar-refractivity contribution in [2.45, 2.75) is 45.3 Å². The molecule has 1 aromatic carbocycles. The van der Waals surface area contributed by atoms with E-state index in [2.05, 4.69) is 13.0 Å². The van der Waals surface area contributed by atoms with Crippen molar-refractivity contribution in [3.05, 3.63) is 34.3 Å². The summed E-state index contributed by atoms with van der Waals surface area (Å²) in [5.74, 6) is 0.289. The van der Waals surface area contributed by atoms with E-state index in [1.54, 1.807) is 0 Å². The quantitative estimate of drug-likeness (QED) is 0.852. The molecular weight excluding hydrogens is 222 g/mol. The van der Waals surface area contributed by atoms with Crippen molar-refractivity contribution in [1.82, 2.24) is 0 Å². The second kappa shape index (κ2) is 5.67. The summed E-state index contributed by atoms with van der Waals surface area (Å²) in [4.78, 5) is 0. The van der Waals surface area contributed by atoms with Crippen LogP contribution < -0.4 is 5.73 Å². The van der Waals surface area contributed by atoms with Crippen LogP contribution in [0.5, 0.6) is 0 Å². The van der Waals surface area contributed by atoms with Gasteiger partial charge in [0.2, 0.25) is 0 Å². The number of halogens is 1. The molecule has 2 nitrogen and oxygen atoms in total. The zero-order chi connectivity index (χ0) is 12.3. The topological polar surface area (TPSA) is 46.2 Å². The Labute approximate surface area is 102 Å². The molecule has 0 fully saturated rings. The molecule has 0 aliphatic heterocycles. The Morgan fingerprint density at radius 2 is 2.00 bits per heavy atom. The van der Waals surface area contributed by atoms with Crippen molar-refractivity contribution in [2.75, 3.05) is 0 Å². The molecule has 0 saturated carbocycles. The average Bonchev–Trinajstić information content (AvgIpc) is 2.21. The second-order valence-corrected chi connectivity index (χ2v) is 4.98. The van der Waals surface area contributed by atoms with Gasteiger partial charge >= 0.3 is 0 Å². The molecule has 0 radical (unpaired) electrons. The first-order valence-corrected chi connectivity index (χ1v) is 5.99. The molecule has 0 aromatic heterocycles. The Kier molecular flexibility index (Phi) is 4.78. The zero-order valence-corrected chi connectivity index (χ0v) is 10.8. The molecule has 3 atom stereocenters. The van der Waals surface area contributed by atoms with E-state index >= 15 is 0 Å². The van der Waals surface area contributed by atoms with E-state index in [1.807, 2.05) is 26.0 Å². The van der Waals surface area contributed by atoms with Gasteiger partial charge in [0.25, 0.3) is 0 Å². The predicted molar refractivity (Wildman–Crippen MR) is 68.9 cm³/mol. The molecule has 3 unspecified atom stereocenters. The lowest BCUT2D eigenvalue weighted by molar-refractivity contribution is 0.134. The second-order valence-electron chi connectivity index (χ2n) is 4.57. The first-order chi connectivity index (χ1) is 7.41. The van der Waals surface area contributed by atoms with Crippen LogP contribution in [0, 0.1) is 6.92 Å². The standard InChI is InChI=1S/C13H20ClNO/c1-8(7-13(16)10(3)15)11-4-5-12(14)9(2)6-11/h4-6,8,10,13,16H,7,15H2,1-3H3. The van der Waals surface area contributed by atoms with E-state index in [4.69, 9.17) is 17.3 Å². The smallest absolute Gasteiger partial charge is 0.0694 e. The third kappa shape index (κ3) is 3.48. The molecule has 1 aromatic rings. The van der Waals surface area contributed by atoms with Gasteiger partial charge in [-0.15, -0.1) is 0 Å². The highest BCUT2D eigenvalue weighted by Gasteiger charge is 2.15. The fourth-order valence-electron chi connectivity index (χ4n) is 1.69. The summed E-state index contributed by atoms with van der Waals surface area (Å²) in [6.07, 6.45) is 0.227. The van der Waals surface area contributed by atoms with Crippen LogP contribution in [0.25, 0.3) is 0 Å². The van der Waals surface area contributed by atoms with E-state index in [-0.39, 0.29) is 12.0 Å². The minimum absolute atomic E-state index is 0.184. The summed E-state index contributed by atoms with van der Waals surface area (Å²) >= 11 is 5.97. The number of hydrogen-bond donors (Lipinski definition) is 2. The van der Waals surface area contributed by atoms with Crippen molar-refractivity contribution < 1.29 is 5.11 Å². The van der Waals surface area contributed by atoms with Crippen molar-refractivity contribution in [3.63, 3.8) is 0 Å². The minimum Gasteiger partial charge on any atom is -0.392 e. The molecule has 0 heterocycles. The maximum Gasteiger partial charge on any atom is 0.0694 e.